The molecule has 1 aromatic rings. The van der Waals surface area contributed by atoms with Crippen LogP contribution in [0.4, 0.5) is 5.82 Å². The van der Waals surface area contributed by atoms with E-state index in [9.17, 15) is 9.90 Å². The first kappa shape index (κ1) is 11.5. The molecule has 0 saturated heterocycles. The zero-order valence-electron chi connectivity index (χ0n) is 8.82. The summed E-state index contributed by atoms with van der Waals surface area (Å²) < 4.78 is 0. The fourth-order valence-electron chi connectivity index (χ4n) is 0.966. The minimum atomic E-state index is -0.224. The third-order valence-electron chi connectivity index (χ3n) is 1.72. The molecular formula is C10H15N3O2. The second kappa shape index (κ2) is 5.31. The van der Waals surface area contributed by atoms with Gasteiger partial charge < -0.3 is 15.7 Å². The molecule has 0 bridgehead atoms. The molecule has 1 amide bonds. The highest BCUT2D eigenvalue weighted by atomic mass is 16.3. The van der Waals surface area contributed by atoms with Crippen LogP contribution in [0.2, 0.25) is 0 Å². The molecule has 0 aliphatic heterocycles. The Morgan fingerprint density at radius 3 is 2.93 bits per heavy atom. The van der Waals surface area contributed by atoms with Crippen molar-refractivity contribution in [2.75, 3.05) is 11.9 Å². The van der Waals surface area contributed by atoms with E-state index >= 15 is 0 Å². The lowest BCUT2D eigenvalue weighted by Gasteiger charge is -2.08. The summed E-state index contributed by atoms with van der Waals surface area (Å²) in [6.45, 7) is 4.10. The molecule has 0 spiro atoms. The second-order valence-corrected chi connectivity index (χ2v) is 3.45. The van der Waals surface area contributed by atoms with Gasteiger partial charge in [-0.25, -0.2) is 4.98 Å². The van der Waals surface area contributed by atoms with Crippen LogP contribution in [-0.4, -0.2) is 28.6 Å². The maximum Gasteiger partial charge on any atom is 0.239 e. The number of aromatic nitrogens is 1. The number of anilines is 1. The standard InChI is InChI=1S/C10H15N3O2/c1-7(2)12-6-9(15)13-10-8(14)4-3-5-11-10/h3-5,7,12,14H,6H2,1-2H3,(H,11,13,15). The zero-order chi connectivity index (χ0) is 11.3. The van der Waals surface area contributed by atoms with Crippen molar-refractivity contribution in [1.29, 1.82) is 0 Å². The molecule has 0 saturated carbocycles. The molecule has 0 radical (unpaired) electrons. The number of hydrogen-bond acceptors (Lipinski definition) is 4. The number of carbonyl (C=O) groups excluding carboxylic acids is 1. The number of hydrogen-bond donors (Lipinski definition) is 3. The van der Waals surface area contributed by atoms with Gasteiger partial charge in [0.2, 0.25) is 5.91 Å². The lowest BCUT2D eigenvalue weighted by molar-refractivity contribution is -0.115. The van der Waals surface area contributed by atoms with E-state index in [-0.39, 0.29) is 30.1 Å². The molecular weight excluding hydrogens is 194 g/mol. The Balaban J connectivity index is 2.48. The van der Waals surface area contributed by atoms with Gasteiger partial charge >= 0.3 is 0 Å². The molecule has 0 aliphatic rings. The van der Waals surface area contributed by atoms with Gasteiger partial charge in [-0.05, 0) is 12.1 Å². The highest BCUT2D eigenvalue weighted by molar-refractivity contribution is 5.92. The smallest absolute Gasteiger partial charge is 0.239 e. The van der Waals surface area contributed by atoms with Gasteiger partial charge in [-0.1, -0.05) is 13.8 Å². The van der Waals surface area contributed by atoms with Crippen LogP contribution in [-0.2, 0) is 4.79 Å². The van der Waals surface area contributed by atoms with Gasteiger partial charge in [0.15, 0.2) is 11.6 Å². The van der Waals surface area contributed by atoms with E-state index in [1.165, 1.54) is 12.3 Å². The summed E-state index contributed by atoms with van der Waals surface area (Å²) in [7, 11) is 0. The summed E-state index contributed by atoms with van der Waals surface area (Å²) in [5.74, 6) is -0.0684. The van der Waals surface area contributed by atoms with Crippen molar-refractivity contribution >= 4 is 11.7 Å². The number of aromatic hydroxyl groups is 1. The maximum atomic E-state index is 11.3. The van der Waals surface area contributed by atoms with Crippen molar-refractivity contribution in [3.05, 3.63) is 18.3 Å². The Morgan fingerprint density at radius 2 is 2.33 bits per heavy atom. The Kier molecular flexibility index (Phi) is 4.05. The molecule has 0 atom stereocenters. The number of nitrogens with one attached hydrogen (secondary N) is 2. The summed E-state index contributed by atoms with van der Waals surface area (Å²) in [5.41, 5.74) is 0. The predicted molar refractivity (Wildman–Crippen MR) is 57.7 cm³/mol. The molecule has 82 valence electrons. The van der Waals surface area contributed by atoms with Crippen LogP contribution in [0, 0.1) is 0 Å². The fourth-order valence-corrected chi connectivity index (χ4v) is 0.966. The van der Waals surface area contributed by atoms with Crippen LogP contribution in [0.15, 0.2) is 18.3 Å². The molecule has 1 rings (SSSR count). The summed E-state index contributed by atoms with van der Waals surface area (Å²) >= 11 is 0. The third kappa shape index (κ3) is 3.95. The number of pyridine rings is 1. The van der Waals surface area contributed by atoms with Crippen LogP contribution < -0.4 is 10.6 Å². The van der Waals surface area contributed by atoms with Gasteiger partial charge in [0.05, 0.1) is 6.54 Å². The van der Waals surface area contributed by atoms with Crippen LogP contribution in [0.3, 0.4) is 0 Å². The molecule has 3 N–H and O–H groups in total. The predicted octanol–water partition coefficient (Wildman–Crippen LogP) is 0.724. The van der Waals surface area contributed by atoms with Crippen LogP contribution in [0.1, 0.15) is 13.8 Å². The van der Waals surface area contributed by atoms with Crippen molar-refractivity contribution in [3.8, 4) is 5.75 Å². The highest BCUT2D eigenvalue weighted by Gasteiger charge is 2.06. The number of carbonyl (C=O) groups is 1. The van der Waals surface area contributed by atoms with Crippen molar-refractivity contribution < 1.29 is 9.90 Å². The van der Waals surface area contributed by atoms with E-state index in [1.807, 2.05) is 13.8 Å². The molecule has 15 heavy (non-hydrogen) atoms. The zero-order valence-corrected chi connectivity index (χ0v) is 8.82. The van der Waals surface area contributed by atoms with E-state index < -0.39 is 0 Å². The van der Waals surface area contributed by atoms with E-state index in [0.29, 0.717) is 0 Å². The van der Waals surface area contributed by atoms with Gasteiger partial charge in [0.1, 0.15) is 0 Å². The fraction of sp³-hybridized carbons (Fsp3) is 0.400. The molecule has 0 aromatic carbocycles. The average molecular weight is 209 g/mol. The quantitative estimate of drug-likeness (QED) is 0.683. The van der Waals surface area contributed by atoms with Gasteiger partial charge in [-0.2, -0.15) is 0 Å². The molecule has 1 heterocycles. The van der Waals surface area contributed by atoms with Gasteiger partial charge in [-0.3, -0.25) is 4.79 Å². The van der Waals surface area contributed by atoms with E-state index in [2.05, 4.69) is 15.6 Å². The number of amides is 1. The maximum absolute atomic E-state index is 11.3. The normalized spacial score (nSPS) is 10.3. The Morgan fingerprint density at radius 1 is 1.60 bits per heavy atom. The molecule has 5 heteroatoms. The van der Waals surface area contributed by atoms with E-state index in [0.717, 1.165) is 0 Å². The average Bonchev–Trinajstić information content (AvgIpc) is 2.18. The van der Waals surface area contributed by atoms with Gasteiger partial charge in [-0.15, -0.1) is 0 Å². The Labute approximate surface area is 88.5 Å². The van der Waals surface area contributed by atoms with Gasteiger partial charge in [0.25, 0.3) is 0 Å². The lowest BCUT2D eigenvalue weighted by Crippen LogP contribution is -2.32. The SMILES string of the molecule is CC(C)NCC(=O)Nc1ncccc1O. The summed E-state index contributed by atoms with van der Waals surface area (Å²) in [5, 5.41) is 14.8. The summed E-state index contributed by atoms with van der Waals surface area (Å²) in [4.78, 5) is 15.2. The Bertz CT molecular complexity index is 339. The van der Waals surface area contributed by atoms with Gasteiger partial charge in [0, 0.05) is 12.2 Å². The number of rotatable bonds is 4. The first-order chi connectivity index (χ1) is 7.09. The molecule has 0 unspecified atom stereocenters. The minimum Gasteiger partial charge on any atom is -0.504 e. The third-order valence-corrected chi connectivity index (χ3v) is 1.72. The highest BCUT2D eigenvalue weighted by Crippen LogP contribution is 2.17. The van der Waals surface area contributed by atoms with Crippen LogP contribution >= 0.6 is 0 Å². The van der Waals surface area contributed by atoms with Crippen molar-refractivity contribution in [1.82, 2.24) is 10.3 Å². The summed E-state index contributed by atoms with van der Waals surface area (Å²) in [6.07, 6.45) is 1.51. The second-order valence-electron chi connectivity index (χ2n) is 3.45. The first-order valence-electron chi connectivity index (χ1n) is 4.77. The monoisotopic (exact) mass is 209 g/mol. The topological polar surface area (TPSA) is 74.2 Å². The minimum absolute atomic E-state index is 0.0320. The van der Waals surface area contributed by atoms with E-state index in [4.69, 9.17) is 0 Å². The van der Waals surface area contributed by atoms with Crippen molar-refractivity contribution in [3.63, 3.8) is 0 Å². The largest absolute Gasteiger partial charge is 0.504 e. The molecule has 5 nitrogen and oxygen atoms in total. The van der Waals surface area contributed by atoms with Crippen LogP contribution in [0.25, 0.3) is 0 Å². The Hall–Kier alpha value is -1.62. The summed E-state index contributed by atoms with van der Waals surface area (Å²) in [6, 6.07) is 3.31. The number of nitrogens with zero attached hydrogens (tertiary/aromatic N) is 1. The van der Waals surface area contributed by atoms with Crippen molar-refractivity contribution in [2.45, 2.75) is 19.9 Å². The lowest BCUT2D eigenvalue weighted by atomic mass is 10.4. The van der Waals surface area contributed by atoms with Crippen LogP contribution in [0.5, 0.6) is 5.75 Å². The molecule has 1 aromatic heterocycles. The van der Waals surface area contributed by atoms with Crippen molar-refractivity contribution in [2.24, 2.45) is 0 Å². The first-order valence-corrected chi connectivity index (χ1v) is 4.77. The molecule has 0 fully saturated rings. The van der Waals surface area contributed by atoms with E-state index in [1.54, 1.807) is 6.07 Å². The molecule has 0 aliphatic carbocycles.